The third-order valence-corrected chi connectivity index (χ3v) is 4.09. The highest BCUT2D eigenvalue weighted by atomic mass is 32.2. The van der Waals surface area contributed by atoms with Crippen LogP contribution < -0.4 is 5.73 Å². The van der Waals surface area contributed by atoms with Crippen LogP contribution in [0.2, 0.25) is 0 Å². The lowest BCUT2D eigenvalue weighted by molar-refractivity contribution is -0.138. The number of rotatable bonds is 3. The first-order valence-electron chi connectivity index (χ1n) is 4.98. The number of halogens is 3. The maximum atomic E-state index is 12.7. The van der Waals surface area contributed by atoms with E-state index in [1.807, 2.05) is 5.38 Å². The van der Waals surface area contributed by atoms with E-state index in [1.165, 1.54) is 35.2 Å². The lowest BCUT2D eigenvalue weighted by atomic mass is 10.1. The van der Waals surface area contributed by atoms with E-state index < -0.39 is 11.7 Å². The molecule has 2 rings (SSSR count). The van der Waals surface area contributed by atoms with Gasteiger partial charge in [-0.1, -0.05) is 11.8 Å². The highest BCUT2D eigenvalue weighted by molar-refractivity contribution is 8.01. The first-order valence-corrected chi connectivity index (χ1v) is 6.68. The molecule has 1 heterocycles. The molecule has 0 fully saturated rings. The fraction of sp³-hybridized carbons (Fsp3) is 0.182. The number of nitrogens with two attached hydrogens (primary N) is 1. The molecule has 1 aromatic heterocycles. The molecule has 0 aliphatic carbocycles. The Hall–Kier alpha value is -1.05. The van der Waals surface area contributed by atoms with Gasteiger partial charge < -0.3 is 5.73 Å². The Balaban J connectivity index is 2.30. The molecule has 96 valence electrons. The summed E-state index contributed by atoms with van der Waals surface area (Å²) < 4.78 is 38.8. The summed E-state index contributed by atoms with van der Waals surface area (Å²) in [6.45, 7) is -0.138. The highest BCUT2D eigenvalue weighted by Gasteiger charge is 2.32. The van der Waals surface area contributed by atoms with Crippen molar-refractivity contribution >= 4 is 23.1 Å². The zero-order valence-electron chi connectivity index (χ0n) is 9.07. The summed E-state index contributed by atoms with van der Waals surface area (Å²) in [5.41, 5.74) is 4.80. The second-order valence-electron chi connectivity index (χ2n) is 3.42. The van der Waals surface area contributed by atoms with Crippen molar-refractivity contribution < 1.29 is 13.2 Å². The van der Waals surface area contributed by atoms with Gasteiger partial charge in [-0.2, -0.15) is 13.2 Å². The topological polar surface area (TPSA) is 38.9 Å². The van der Waals surface area contributed by atoms with Crippen molar-refractivity contribution in [1.29, 1.82) is 0 Å². The Morgan fingerprint density at radius 1 is 1.33 bits per heavy atom. The van der Waals surface area contributed by atoms with Gasteiger partial charge in [0.15, 0.2) is 4.34 Å². The van der Waals surface area contributed by atoms with E-state index in [0.717, 1.165) is 10.4 Å². The number of alkyl halides is 3. The Labute approximate surface area is 110 Å². The van der Waals surface area contributed by atoms with Gasteiger partial charge in [0.25, 0.3) is 0 Å². The molecule has 0 spiro atoms. The number of hydrogen-bond donors (Lipinski definition) is 1. The lowest BCUT2D eigenvalue weighted by Crippen LogP contribution is -2.11. The fourth-order valence-electron chi connectivity index (χ4n) is 1.44. The summed E-state index contributed by atoms with van der Waals surface area (Å²) in [4.78, 5) is 4.77. The van der Waals surface area contributed by atoms with E-state index >= 15 is 0 Å². The molecule has 7 heteroatoms. The van der Waals surface area contributed by atoms with E-state index in [1.54, 1.807) is 6.20 Å². The van der Waals surface area contributed by atoms with Crippen LogP contribution in [-0.2, 0) is 12.7 Å². The van der Waals surface area contributed by atoms with Crippen LogP contribution in [0.1, 0.15) is 11.1 Å². The zero-order valence-corrected chi connectivity index (χ0v) is 10.7. The van der Waals surface area contributed by atoms with Gasteiger partial charge in [-0.25, -0.2) is 4.98 Å². The van der Waals surface area contributed by atoms with Crippen LogP contribution in [0.15, 0.2) is 39.0 Å². The molecule has 0 radical (unpaired) electrons. The second-order valence-corrected chi connectivity index (χ2v) is 5.64. The van der Waals surface area contributed by atoms with E-state index in [0.29, 0.717) is 4.90 Å². The van der Waals surface area contributed by atoms with Gasteiger partial charge in [0.05, 0.1) is 5.56 Å². The van der Waals surface area contributed by atoms with Crippen molar-refractivity contribution in [2.75, 3.05) is 0 Å². The van der Waals surface area contributed by atoms with Crippen molar-refractivity contribution in [3.05, 3.63) is 40.9 Å². The predicted molar refractivity (Wildman–Crippen MR) is 65.6 cm³/mol. The molecule has 0 amide bonds. The summed E-state index contributed by atoms with van der Waals surface area (Å²) in [5, 5.41) is 1.82. The molecule has 18 heavy (non-hydrogen) atoms. The Bertz CT molecular complexity index is 524. The molecule has 0 aliphatic heterocycles. The van der Waals surface area contributed by atoms with Gasteiger partial charge in [-0.15, -0.1) is 11.3 Å². The first-order chi connectivity index (χ1) is 8.50. The van der Waals surface area contributed by atoms with Gasteiger partial charge >= 0.3 is 6.18 Å². The molecule has 0 unspecified atom stereocenters. The van der Waals surface area contributed by atoms with Crippen LogP contribution in [0.4, 0.5) is 13.2 Å². The van der Waals surface area contributed by atoms with Gasteiger partial charge in [0.1, 0.15) is 0 Å². The van der Waals surface area contributed by atoms with Crippen molar-refractivity contribution in [3.63, 3.8) is 0 Å². The molecule has 0 aliphatic rings. The minimum atomic E-state index is -4.36. The second kappa shape index (κ2) is 5.29. The summed E-state index contributed by atoms with van der Waals surface area (Å²) in [6, 6.07) is 3.97. The molecule has 2 nitrogen and oxygen atoms in total. The monoisotopic (exact) mass is 290 g/mol. The number of thiazole rings is 1. The maximum absolute atomic E-state index is 12.7. The molecular weight excluding hydrogens is 281 g/mol. The van der Waals surface area contributed by atoms with Crippen LogP contribution in [0.3, 0.4) is 0 Å². The van der Waals surface area contributed by atoms with Gasteiger partial charge in [0.2, 0.25) is 0 Å². The van der Waals surface area contributed by atoms with Gasteiger partial charge in [-0.05, 0) is 23.8 Å². The number of nitrogens with zero attached hydrogens (tertiary/aromatic N) is 1. The number of hydrogen-bond acceptors (Lipinski definition) is 4. The summed E-state index contributed by atoms with van der Waals surface area (Å²) >= 11 is 2.77. The van der Waals surface area contributed by atoms with Crippen LogP contribution in [0, 0.1) is 0 Å². The average molecular weight is 290 g/mol. The van der Waals surface area contributed by atoms with E-state index in [-0.39, 0.29) is 12.1 Å². The summed E-state index contributed by atoms with van der Waals surface area (Å²) in [7, 11) is 0. The quantitative estimate of drug-likeness (QED) is 0.935. The normalized spacial score (nSPS) is 11.8. The highest BCUT2D eigenvalue weighted by Crippen LogP contribution is 2.36. The largest absolute Gasteiger partial charge is 0.416 e. The molecule has 2 N–H and O–H groups in total. The smallest absolute Gasteiger partial charge is 0.326 e. The molecule has 0 saturated heterocycles. The summed E-state index contributed by atoms with van der Waals surface area (Å²) in [6.07, 6.45) is -2.71. The van der Waals surface area contributed by atoms with E-state index in [4.69, 9.17) is 5.73 Å². The third-order valence-electron chi connectivity index (χ3n) is 2.22. The standard InChI is InChI=1S/C11H9F3N2S2/c12-11(13,14)9-2-1-8(5-7(9)6-15)18-10-16-3-4-17-10/h1-5H,6,15H2. The zero-order chi connectivity index (χ0) is 13.2. The van der Waals surface area contributed by atoms with Crippen molar-refractivity contribution in [2.45, 2.75) is 22.0 Å². The van der Waals surface area contributed by atoms with E-state index in [9.17, 15) is 13.2 Å². The molecular formula is C11H9F3N2S2. The summed E-state index contributed by atoms with van der Waals surface area (Å²) in [5.74, 6) is 0. The molecule has 1 aromatic carbocycles. The fourth-order valence-corrected chi connectivity index (χ4v) is 3.10. The van der Waals surface area contributed by atoms with Crippen molar-refractivity contribution in [1.82, 2.24) is 4.98 Å². The van der Waals surface area contributed by atoms with E-state index in [2.05, 4.69) is 4.98 Å². The van der Waals surface area contributed by atoms with Crippen LogP contribution in [-0.4, -0.2) is 4.98 Å². The molecule has 0 atom stereocenters. The first kappa shape index (κ1) is 13.4. The SMILES string of the molecule is NCc1cc(Sc2nccs2)ccc1C(F)(F)F. The Morgan fingerprint density at radius 2 is 2.11 bits per heavy atom. The Kier molecular flexibility index (Phi) is 3.94. The minimum Gasteiger partial charge on any atom is -0.326 e. The predicted octanol–water partition coefficient (Wildman–Crippen LogP) is 3.77. The van der Waals surface area contributed by atoms with Gasteiger partial charge in [0, 0.05) is 23.0 Å². The van der Waals surface area contributed by atoms with Crippen LogP contribution in [0.5, 0.6) is 0 Å². The maximum Gasteiger partial charge on any atom is 0.416 e. The van der Waals surface area contributed by atoms with Crippen molar-refractivity contribution in [3.8, 4) is 0 Å². The molecule has 2 aromatic rings. The van der Waals surface area contributed by atoms with Crippen LogP contribution in [0.25, 0.3) is 0 Å². The molecule has 0 saturated carbocycles. The van der Waals surface area contributed by atoms with Crippen LogP contribution >= 0.6 is 23.1 Å². The lowest BCUT2D eigenvalue weighted by Gasteiger charge is -2.12. The minimum absolute atomic E-state index is 0.101. The third kappa shape index (κ3) is 3.04. The average Bonchev–Trinajstić information content (AvgIpc) is 2.80. The van der Waals surface area contributed by atoms with Crippen molar-refractivity contribution in [2.24, 2.45) is 5.73 Å². The number of benzene rings is 1. The Morgan fingerprint density at radius 3 is 2.67 bits per heavy atom. The van der Waals surface area contributed by atoms with Gasteiger partial charge in [-0.3, -0.25) is 0 Å². The molecule has 0 bridgehead atoms. The number of aromatic nitrogens is 1.